The van der Waals surface area contributed by atoms with E-state index in [0.717, 1.165) is 12.0 Å². The molecule has 3 rings (SSSR count). The maximum Gasteiger partial charge on any atom is 0.317 e. The number of ether oxygens (including phenoxy) is 2. The van der Waals surface area contributed by atoms with Crippen LogP contribution in [0.25, 0.3) is 11.4 Å². The molecule has 1 aromatic heterocycles. The molecule has 9 heteroatoms. The third-order valence-electron chi connectivity index (χ3n) is 3.36. The van der Waals surface area contributed by atoms with Gasteiger partial charge in [0, 0.05) is 5.56 Å². The van der Waals surface area contributed by atoms with Crippen LogP contribution in [-0.4, -0.2) is 46.0 Å². The summed E-state index contributed by atoms with van der Waals surface area (Å²) in [6, 6.07) is 5.41. The van der Waals surface area contributed by atoms with Gasteiger partial charge in [0.15, 0.2) is 11.5 Å². The summed E-state index contributed by atoms with van der Waals surface area (Å²) in [5, 5.41) is 12.9. The minimum absolute atomic E-state index is 0. The Morgan fingerprint density at radius 1 is 1.33 bits per heavy atom. The number of hydrogen-bond donors (Lipinski definition) is 1. The van der Waals surface area contributed by atoms with Crippen LogP contribution in [0.3, 0.4) is 0 Å². The largest absolute Gasteiger partial charge is 0.480 e. The SMILES string of the molecule is CCCN(CC(=O)O)Cc1nc(-c2ccc3c(c2)OCO3)no1.Cl. The predicted molar refractivity (Wildman–Crippen MR) is 86.3 cm³/mol. The molecule has 2 aromatic rings. The van der Waals surface area contributed by atoms with E-state index in [4.69, 9.17) is 19.1 Å². The highest BCUT2D eigenvalue weighted by molar-refractivity contribution is 5.85. The number of hydrogen-bond acceptors (Lipinski definition) is 7. The molecular formula is C15H18ClN3O5. The van der Waals surface area contributed by atoms with Crippen molar-refractivity contribution in [2.75, 3.05) is 19.9 Å². The molecule has 0 fully saturated rings. The van der Waals surface area contributed by atoms with E-state index in [1.165, 1.54) is 0 Å². The van der Waals surface area contributed by atoms with Crippen LogP contribution in [0.2, 0.25) is 0 Å². The first-order valence-corrected chi connectivity index (χ1v) is 7.32. The molecule has 1 aromatic carbocycles. The van der Waals surface area contributed by atoms with Crippen molar-refractivity contribution in [3.63, 3.8) is 0 Å². The maximum absolute atomic E-state index is 10.9. The summed E-state index contributed by atoms with van der Waals surface area (Å²) in [4.78, 5) is 17.0. The number of nitrogens with zero attached hydrogens (tertiary/aromatic N) is 3. The molecule has 130 valence electrons. The summed E-state index contributed by atoms with van der Waals surface area (Å²) in [5.74, 6) is 1.27. The van der Waals surface area contributed by atoms with Gasteiger partial charge in [0.25, 0.3) is 0 Å². The quantitative estimate of drug-likeness (QED) is 0.807. The lowest BCUT2D eigenvalue weighted by Crippen LogP contribution is -2.30. The number of carboxylic acid groups (broad SMARTS) is 1. The number of halogens is 1. The van der Waals surface area contributed by atoms with Gasteiger partial charge < -0.3 is 19.1 Å². The van der Waals surface area contributed by atoms with Crippen molar-refractivity contribution in [1.29, 1.82) is 0 Å². The van der Waals surface area contributed by atoms with Gasteiger partial charge in [-0.05, 0) is 31.2 Å². The first kappa shape index (κ1) is 18.0. The van der Waals surface area contributed by atoms with Crippen molar-refractivity contribution >= 4 is 18.4 Å². The summed E-state index contributed by atoms with van der Waals surface area (Å²) in [5.41, 5.74) is 0.754. The molecule has 24 heavy (non-hydrogen) atoms. The molecule has 0 radical (unpaired) electrons. The third-order valence-corrected chi connectivity index (χ3v) is 3.36. The van der Waals surface area contributed by atoms with E-state index in [1.807, 2.05) is 13.0 Å². The fourth-order valence-corrected chi connectivity index (χ4v) is 2.38. The van der Waals surface area contributed by atoms with Gasteiger partial charge in [-0.15, -0.1) is 12.4 Å². The van der Waals surface area contributed by atoms with E-state index in [0.29, 0.717) is 36.3 Å². The average molecular weight is 356 g/mol. The third kappa shape index (κ3) is 4.15. The topological polar surface area (TPSA) is 97.9 Å². The van der Waals surface area contributed by atoms with Gasteiger partial charge in [-0.25, -0.2) is 0 Å². The Hall–Kier alpha value is -2.32. The molecule has 1 aliphatic heterocycles. The number of aromatic nitrogens is 2. The second-order valence-electron chi connectivity index (χ2n) is 5.18. The molecule has 0 amide bonds. The lowest BCUT2D eigenvalue weighted by molar-refractivity contribution is -0.138. The summed E-state index contributed by atoms with van der Waals surface area (Å²) in [7, 11) is 0. The van der Waals surface area contributed by atoms with Gasteiger partial charge in [0.2, 0.25) is 18.5 Å². The zero-order chi connectivity index (χ0) is 16.2. The highest BCUT2D eigenvalue weighted by atomic mass is 35.5. The predicted octanol–water partition coefficient (Wildman–Crippen LogP) is 2.18. The molecule has 0 bridgehead atoms. The van der Waals surface area contributed by atoms with E-state index in [9.17, 15) is 4.79 Å². The van der Waals surface area contributed by atoms with E-state index >= 15 is 0 Å². The van der Waals surface area contributed by atoms with E-state index in [-0.39, 0.29) is 25.7 Å². The average Bonchev–Trinajstić information content (AvgIpc) is 3.14. The van der Waals surface area contributed by atoms with Crippen LogP contribution in [-0.2, 0) is 11.3 Å². The molecule has 0 atom stereocenters. The van der Waals surface area contributed by atoms with E-state index < -0.39 is 5.97 Å². The van der Waals surface area contributed by atoms with Crippen molar-refractivity contribution < 1.29 is 23.9 Å². The fourth-order valence-electron chi connectivity index (χ4n) is 2.38. The Labute approximate surface area is 144 Å². The molecule has 0 saturated carbocycles. The zero-order valence-electron chi connectivity index (χ0n) is 13.1. The number of carboxylic acids is 1. The zero-order valence-corrected chi connectivity index (χ0v) is 13.9. The smallest absolute Gasteiger partial charge is 0.317 e. The van der Waals surface area contributed by atoms with Crippen LogP contribution >= 0.6 is 12.4 Å². The number of aliphatic carboxylic acids is 1. The minimum atomic E-state index is -0.881. The maximum atomic E-state index is 10.9. The van der Waals surface area contributed by atoms with Crippen molar-refractivity contribution in [2.24, 2.45) is 0 Å². The lowest BCUT2D eigenvalue weighted by Gasteiger charge is -2.16. The monoisotopic (exact) mass is 355 g/mol. The van der Waals surface area contributed by atoms with Gasteiger partial charge in [-0.1, -0.05) is 12.1 Å². The Balaban J connectivity index is 0.00000208. The van der Waals surface area contributed by atoms with Crippen LogP contribution in [0.15, 0.2) is 22.7 Å². The standard InChI is InChI=1S/C15H17N3O5.ClH/c1-2-5-18(8-14(19)20)7-13-16-15(17-23-13)10-3-4-11-12(6-10)22-9-21-11;/h3-4,6H,2,5,7-9H2,1H3,(H,19,20);1H. The van der Waals surface area contributed by atoms with Gasteiger partial charge in [-0.2, -0.15) is 4.98 Å². The van der Waals surface area contributed by atoms with Crippen molar-refractivity contribution in [1.82, 2.24) is 15.0 Å². The van der Waals surface area contributed by atoms with Crippen LogP contribution in [0, 0.1) is 0 Å². The first-order valence-electron chi connectivity index (χ1n) is 7.32. The lowest BCUT2D eigenvalue weighted by atomic mass is 10.2. The second-order valence-corrected chi connectivity index (χ2v) is 5.18. The summed E-state index contributed by atoms with van der Waals surface area (Å²) in [6.07, 6.45) is 0.844. The van der Waals surface area contributed by atoms with Crippen LogP contribution < -0.4 is 9.47 Å². The number of carbonyl (C=O) groups is 1. The Kier molecular flexibility index (Phi) is 5.99. The molecule has 8 nitrogen and oxygen atoms in total. The van der Waals surface area contributed by atoms with Crippen molar-refractivity contribution in [2.45, 2.75) is 19.9 Å². The molecule has 1 aliphatic rings. The summed E-state index contributed by atoms with van der Waals surface area (Å²) in [6.45, 7) is 3.08. The normalized spacial score (nSPS) is 12.2. The molecule has 0 saturated heterocycles. The Morgan fingerprint density at radius 2 is 2.12 bits per heavy atom. The molecule has 1 N–H and O–H groups in total. The fraction of sp³-hybridized carbons (Fsp3) is 0.400. The number of fused-ring (bicyclic) bond motifs is 1. The highest BCUT2D eigenvalue weighted by Crippen LogP contribution is 2.35. The van der Waals surface area contributed by atoms with E-state index in [1.54, 1.807) is 17.0 Å². The Morgan fingerprint density at radius 3 is 2.88 bits per heavy atom. The van der Waals surface area contributed by atoms with Crippen molar-refractivity contribution in [3.05, 3.63) is 24.1 Å². The first-order chi connectivity index (χ1) is 11.2. The van der Waals surface area contributed by atoms with Gasteiger partial charge in [0.05, 0.1) is 13.1 Å². The van der Waals surface area contributed by atoms with Crippen LogP contribution in [0.1, 0.15) is 19.2 Å². The van der Waals surface area contributed by atoms with Gasteiger partial charge in [-0.3, -0.25) is 9.69 Å². The van der Waals surface area contributed by atoms with Gasteiger partial charge >= 0.3 is 5.97 Å². The molecule has 2 heterocycles. The second kappa shape index (κ2) is 7.98. The molecule has 0 spiro atoms. The van der Waals surface area contributed by atoms with Gasteiger partial charge in [0.1, 0.15) is 0 Å². The highest BCUT2D eigenvalue weighted by Gasteiger charge is 2.18. The van der Waals surface area contributed by atoms with Crippen LogP contribution in [0.5, 0.6) is 11.5 Å². The van der Waals surface area contributed by atoms with Crippen molar-refractivity contribution in [3.8, 4) is 22.9 Å². The molecule has 0 aliphatic carbocycles. The summed E-state index contributed by atoms with van der Waals surface area (Å²) >= 11 is 0. The molecule has 0 unspecified atom stereocenters. The number of benzene rings is 1. The van der Waals surface area contributed by atoms with Crippen LogP contribution in [0.4, 0.5) is 0 Å². The van der Waals surface area contributed by atoms with E-state index in [2.05, 4.69) is 10.1 Å². The number of rotatable bonds is 7. The molecular weight excluding hydrogens is 338 g/mol. The Bertz CT molecular complexity index is 706. The summed E-state index contributed by atoms with van der Waals surface area (Å²) < 4.78 is 15.8. The minimum Gasteiger partial charge on any atom is -0.480 e.